The second-order valence-electron chi connectivity index (χ2n) is 4.29. The predicted octanol–water partition coefficient (Wildman–Crippen LogP) is 2.73. The normalized spacial score (nSPS) is 10.1. The molecule has 0 saturated heterocycles. The van der Waals surface area contributed by atoms with E-state index in [0.29, 0.717) is 11.4 Å². The maximum absolute atomic E-state index is 13.4. The molecule has 4 nitrogen and oxygen atoms in total. The molecule has 0 bridgehead atoms. The number of halogens is 1. The summed E-state index contributed by atoms with van der Waals surface area (Å²) >= 11 is 0. The molecule has 0 aliphatic rings. The average molecular weight is 274 g/mol. The van der Waals surface area contributed by atoms with Gasteiger partial charge in [0, 0.05) is 11.3 Å². The summed E-state index contributed by atoms with van der Waals surface area (Å²) in [7, 11) is 0. The van der Waals surface area contributed by atoms with E-state index in [4.69, 9.17) is 10.5 Å². The molecule has 0 unspecified atom stereocenters. The Kier molecular flexibility index (Phi) is 4.20. The summed E-state index contributed by atoms with van der Waals surface area (Å²) in [6.45, 7) is 1.60. The van der Waals surface area contributed by atoms with Crippen LogP contribution in [0.3, 0.4) is 0 Å². The van der Waals surface area contributed by atoms with Crippen LogP contribution >= 0.6 is 0 Å². The maximum Gasteiger partial charge on any atom is 0.262 e. The van der Waals surface area contributed by atoms with Crippen LogP contribution in [0.25, 0.3) is 0 Å². The van der Waals surface area contributed by atoms with Gasteiger partial charge in [-0.05, 0) is 31.2 Å². The molecule has 104 valence electrons. The third kappa shape index (κ3) is 3.26. The van der Waals surface area contributed by atoms with Crippen molar-refractivity contribution in [3.8, 4) is 5.75 Å². The molecule has 3 N–H and O–H groups in total. The Balaban J connectivity index is 1.96. The van der Waals surface area contributed by atoms with Crippen LogP contribution in [0.5, 0.6) is 5.75 Å². The zero-order valence-electron chi connectivity index (χ0n) is 11.0. The van der Waals surface area contributed by atoms with Crippen molar-refractivity contribution in [3.05, 3.63) is 53.8 Å². The topological polar surface area (TPSA) is 64.3 Å². The van der Waals surface area contributed by atoms with E-state index in [1.54, 1.807) is 37.3 Å². The lowest BCUT2D eigenvalue weighted by atomic mass is 10.2. The van der Waals surface area contributed by atoms with Gasteiger partial charge >= 0.3 is 0 Å². The first-order valence-corrected chi connectivity index (χ1v) is 6.10. The van der Waals surface area contributed by atoms with Crippen molar-refractivity contribution in [2.24, 2.45) is 0 Å². The zero-order chi connectivity index (χ0) is 14.5. The van der Waals surface area contributed by atoms with Gasteiger partial charge in [0.2, 0.25) is 0 Å². The Bertz CT molecular complexity index is 629. The number of hydrogen-bond donors (Lipinski definition) is 2. The van der Waals surface area contributed by atoms with Crippen molar-refractivity contribution in [3.63, 3.8) is 0 Å². The summed E-state index contributed by atoms with van der Waals surface area (Å²) in [5, 5.41) is 2.44. The minimum Gasteiger partial charge on any atom is -0.483 e. The van der Waals surface area contributed by atoms with Gasteiger partial charge in [-0.3, -0.25) is 4.79 Å². The van der Waals surface area contributed by atoms with Crippen LogP contribution in [0.2, 0.25) is 0 Å². The minimum absolute atomic E-state index is 0.130. The first-order chi connectivity index (χ1) is 9.58. The van der Waals surface area contributed by atoms with Gasteiger partial charge in [0.1, 0.15) is 11.6 Å². The number of nitrogens with two attached hydrogens (primary N) is 1. The van der Waals surface area contributed by atoms with Gasteiger partial charge in [0.15, 0.2) is 6.61 Å². The molecular formula is C15H15FN2O2. The lowest BCUT2D eigenvalue weighted by Gasteiger charge is -2.11. The fourth-order valence-corrected chi connectivity index (χ4v) is 1.68. The molecule has 0 aromatic heterocycles. The SMILES string of the molecule is Cc1c(N)cccc1OCC(=O)Nc1ccccc1F. The summed E-state index contributed by atoms with van der Waals surface area (Å²) in [6.07, 6.45) is 0. The van der Waals surface area contributed by atoms with E-state index in [-0.39, 0.29) is 12.3 Å². The molecule has 2 aromatic rings. The van der Waals surface area contributed by atoms with E-state index in [1.807, 2.05) is 0 Å². The molecular weight excluding hydrogens is 259 g/mol. The van der Waals surface area contributed by atoms with Crippen LogP contribution in [-0.4, -0.2) is 12.5 Å². The Labute approximate surface area is 116 Å². The Morgan fingerprint density at radius 1 is 1.25 bits per heavy atom. The monoisotopic (exact) mass is 274 g/mol. The van der Waals surface area contributed by atoms with E-state index < -0.39 is 11.7 Å². The quantitative estimate of drug-likeness (QED) is 0.842. The molecule has 0 aliphatic heterocycles. The summed E-state index contributed by atoms with van der Waals surface area (Å²) in [6, 6.07) is 11.2. The molecule has 0 fully saturated rings. The molecule has 0 aliphatic carbocycles. The molecule has 20 heavy (non-hydrogen) atoms. The number of para-hydroxylation sites is 1. The largest absolute Gasteiger partial charge is 0.483 e. The number of ether oxygens (including phenoxy) is 1. The number of carbonyl (C=O) groups excluding carboxylic acids is 1. The highest BCUT2D eigenvalue weighted by molar-refractivity contribution is 5.92. The second-order valence-corrected chi connectivity index (χ2v) is 4.29. The Hall–Kier alpha value is -2.56. The lowest BCUT2D eigenvalue weighted by molar-refractivity contribution is -0.118. The van der Waals surface area contributed by atoms with E-state index in [0.717, 1.165) is 5.56 Å². The molecule has 2 rings (SSSR count). The fraction of sp³-hybridized carbons (Fsp3) is 0.133. The van der Waals surface area contributed by atoms with E-state index in [1.165, 1.54) is 12.1 Å². The molecule has 0 saturated carbocycles. The first kappa shape index (κ1) is 13.9. The predicted molar refractivity (Wildman–Crippen MR) is 76.1 cm³/mol. The number of nitrogens with one attached hydrogen (secondary N) is 1. The molecule has 0 heterocycles. The third-order valence-electron chi connectivity index (χ3n) is 2.83. The van der Waals surface area contributed by atoms with Crippen LogP contribution in [0.4, 0.5) is 15.8 Å². The number of rotatable bonds is 4. The number of anilines is 2. The zero-order valence-corrected chi connectivity index (χ0v) is 11.0. The summed E-state index contributed by atoms with van der Waals surface area (Å²) in [4.78, 5) is 11.7. The lowest BCUT2D eigenvalue weighted by Crippen LogP contribution is -2.21. The van der Waals surface area contributed by atoms with Gasteiger partial charge in [-0.1, -0.05) is 18.2 Å². The van der Waals surface area contributed by atoms with Crippen molar-refractivity contribution in [1.29, 1.82) is 0 Å². The number of amides is 1. The highest BCUT2D eigenvalue weighted by Crippen LogP contribution is 2.22. The Morgan fingerprint density at radius 3 is 2.75 bits per heavy atom. The van der Waals surface area contributed by atoms with Crippen LogP contribution in [0.1, 0.15) is 5.56 Å². The van der Waals surface area contributed by atoms with E-state index in [2.05, 4.69) is 5.32 Å². The number of nitrogen functional groups attached to an aromatic ring is 1. The van der Waals surface area contributed by atoms with Gasteiger partial charge in [0.05, 0.1) is 5.69 Å². The highest BCUT2D eigenvalue weighted by atomic mass is 19.1. The fourth-order valence-electron chi connectivity index (χ4n) is 1.68. The third-order valence-corrected chi connectivity index (χ3v) is 2.83. The van der Waals surface area contributed by atoms with Gasteiger partial charge in [-0.15, -0.1) is 0 Å². The summed E-state index contributed by atoms with van der Waals surface area (Å²) in [5.41, 5.74) is 7.23. The van der Waals surface area contributed by atoms with Gasteiger partial charge < -0.3 is 15.8 Å². The number of hydrogen-bond acceptors (Lipinski definition) is 3. The molecule has 0 spiro atoms. The highest BCUT2D eigenvalue weighted by Gasteiger charge is 2.08. The van der Waals surface area contributed by atoms with Crippen LogP contribution in [0, 0.1) is 12.7 Å². The van der Waals surface area contributed by atoms with Crippen LogP contribution in [-0.2, 0) is 4.79 Å². The molecule has 0 radical (unpaired) electrons. The first-order valence-electron chi connectivity index (χ1n) is 6.10. The van der Waals surface area contributed by atoms with Crippen molar-refractivity contribution in [2.45, 2.75) is 6.92 Å². The van der Waals surface area contributed by atoms with Crippen molar-refractivity contribution in [2.75, 3.05) is 17.7 Å². The second kappa shape index (κ2) is 6.06. The van der Waals surface area contributed by atoms with Crippen molar-refractivity contribution in [1.82, 2.24) is 0 Å². The maximum atomic E-state index is 13.4. The average Bonchev–Trinajstić information content (AvgIpc) is 2.43. The summed E-state index contributed by atoms with van der Waals surface area (Å²) in [5.74, 6) is -0.383. The van der Waals surface area contributed by atoms with Crippen molar-refractivity contribution >= 4 is 17.3 Å². The van der Waals surface area contributed by atoms with Crippen molar-refractivity contribution < 1.29 is 13.9 Å². The number of benzene rings is 2. The minimum atomic E-state index is -0.485. The molecule has 0 atom stereocenters. The molecule has 1 amide bonds. The van der Waals surface area contributed by atoms with Gasteiger partial charge in [-0.25, -0.2) is 4.39 Å². The molecule has 5 heteroatoms. The Morgan fingerprint density at radius 2 is 2.00 bits per heavy atom. The standard InChI is InChI=1S/C15H15FN2O2/c1-10-12(17)6-4-8-14(10)20-9-15(19)18-13-7-3-2-5-11(13)16/h2-8H,9,17H2,1H3,(H,18,19). The van der Waals surface area contributed by atoms with Crippen LogP contribution in [0.15, 0.2) is 42.5 Å². The van der Waals surface area contributed by atoms with E-state index in [9.17, 15) is 9.18 Å². The van der Waals surface area contributed by atoms with E-state index >= 15 is 0 Å². The van der Waals surface area contributed by atoms with Gasteiger partial charge in [-0.2, -0.15) is 0 Å². The smallest absolute Gasteiger partial charge is 0.262 e. The number of carbonyl (C=O) groups is 1. The summed E-state index contributed by atoms with van der Waals surface area (Å²) < 4.78 is 18.7. The molecule has 2 aromatic carbocycles. The van der Waals surface area contributed by atoms with Gasteiger partial charge in [0.25, 0.3) is 5.91 Å². The van der Waals surface area contributed by atoms with Crippen LogP contribution < -0.4 is 15.8 Å².